The molecule has 0 saturated carbocycles. The van der Waals surface area contributed by atoms with E-state index in [-0.39, 0.29) is 0 Å². The van der Waals surface area contributed by atoms with Crippen molar-refractivity contribution in [1.29, 1.82) is 0 Å². The van der Waals surface area contributed by atoms with Crippen molar-refractivity contribution >= 4 is 11.8 Å². The van der Waals surface area contributed by atoms with Crippen molar-refractivity contribution in [2.75, 3.05) is 11.9 Å². The fraction of sp³-hybridized carbons (Fsp3) is 0.188. The van der Waals surface area contributed by atoms with Crippen LogP contribution in [-0.4, -0.2) is 12.7 Å². The van der Waals surface area contributed by atoms with Gasteiger partial charge in [-0.1, -0.05) is 36.4 Å². The molecule has 0 aromatic heterocycles. The molecule has 2 rings (SSSR count). The van der Waals surface area contributed by atoms with E-state index in [9.17, 15) is 4.79 Å². The van der Waals surface area contributed by atoms with Gasteiger partial charge in [-0.2, -0.15) is 0 Å². The van der Waals surface area contributed by atoms with E-state index < -0.39 is 6.09 Å². The molecule has 3 nitrogen and oxygen atoms in total. The van der Waals surface area contributed by atoms with Crippen molar-refractivity contribution in [3.05, 3.63) is 54.1 Å². The van der Waals surface area contributed by atoms with Crippen molar-refractivity contribution in [3.8, 4) is 11.1 Å². The third kappa shape index (κ3) is 3.35. The first-order chi connectivity index (χ1) is 9.20. The van der Waals surface area contributed by atoms with Crippen LogP contribution in [0, 0.1) is 6.92 Å². The second kappa shape index (κ2) is 6.05. The van der Waals surface area contributed by atoms with E-state index in [1.54, 1.807) is 6.92 Å². The number of nitrogens with one attached hydrogen (secondary N) is 1. The Kier molecular flexibility index (Phi) is 4.18. The highest BCUT2D eigenvalue weighted by Gasteiger charge is 2.06. The molecule has 3 heteroatoms. The van der Waals surface area contributed by atoms with Crippen LogP contribution >= 0.6 is 0 Å². The van der Waals surface area contributed by atoms with E-state index in [1.165, 1.54) is 5.56 Å². The highest BCUT2D eigenvalue weighted by molar-refractivity contribution is 5.86. The molecule has 19 heavy (non-hydrogen) atoms. The Labute approximate surface area is 113 Å². The number of hydrogen-bond acceptors (Lipinski definition) is 2. The van der Waals surface area contributed by atoms with Gasteiger partial charge in [-0.05, 0) is 42.7 Å². The third-order valence-electron chi connectivity index (χ3n) is 2.84. The number of benzene rings is 2. The molecule has 0 spiro atoms. The van der Waals surface area contributed by atoms with Crippen molar-refractivity contribution in [2.45, 2.75) is 13.8 Å². The molecular weight excluding hydrogens is 238 g/mol. The monoisotopic (exact) mass is 255 g/mol. The molecule has 0 aliphatic carbocycles. The fourth-order valence-electron chi connectivity index (χ4n) is 1.91. The Hall–Kier alpha value is -2.29. The Morgan fingerprint density at radius 2 is 1.89 bits per heavy atom. The van der Waals surface area contributed by atoms with Crippen LogP contribution in [-0.2, 0) is 4.74 Å². The van der Waals surface area contributed by atoms with Crippen LogP contribution in [0.3, 0.4) is 0 Å². The summed E-state index contributed by atoms with van der Waals surface area (Å²) >= 11 is 0. The fourth-order valence-corrected chi connectivity index (χ4v) is 1.91. The van der Waals surface area contributed by atoms with Crippen molar-refractivity contribution in [2.24, 2.45) is 0 Å². The van der Waals surface area contributed by atoms with Crippen LogP contribution in [0.5, 0.6) is 0 Å². The van der Waals surface area contributed by atoms with Crippen LogP contribution < -0.4 is 5.32 Å². The largest absolute Gasteiger partial charge is 0.450 e. The van der Waals surface area contributed by atoms with E-state index in [0.29, 0.717) is 6.61 Å². The van der Waals surface area contributed by atoms with Crippen LogP contribution in [0.2, 0.25) is 0 Å². The van der Waals surface area contributed by atoms with Crippen LogP contribution in [0.15, 0.2) is 48.5 Å². The molecule has 2 aromatic rings. The molecule has 98 valence electrons. The Morgan fingerprint density at radius 3 is 2.58 bits per heavy atom. The maximum Gasteiger partial charge on any atom is 0.411 e. The lowest BCUT2D eigenvalue weighted by Crippen LogP contribution is -2.13. The minimum absolute atomic E-state index is 0.364. The van der Waals surface area contributed by atoms with Gasteiger partial charge in [0.05, 0.1) is 6.61 Å². The normalized spacial score (nSPS) is 10.0. The summed E-state index contributed by atoms with van der Waals surface area (Å²) in [7, 11) is 0. The summed E-state index contributed by atoms with van der Waals surface area (Å²) in [5.74, 6) is 0. The predicted molar refractivity (Wildman–Crippen MR) is 77.3 cm³/mol. The van der Waals surface area contributed by atoms with Gasteiger partial charge in [0.15, 0.2) is 0 Å². The zero-order valence-electron chi connectivity index (χ0n) is 11.1. The van der Waals surface area contributed by atoms with E-state index >= 15 is 0 Å². The molecule has 0 unspecified atom stereocenters. The van der Waals surface area contributed by atoms with E-state index in [1.807, 2.05) is 36.4 Å². The van der Waals surface area contributed by atoms with Crippen molar-refractivity contribution in [1.82, 2.24) is 0 Å². The summed E-state index contributed by atoms with van der Waals surface area (Å²) in [6.07, 6.45) is -0.426. The molecule has 0 saturated heterocycles. The Balaban J connectivity index is 2.28. The molecule has 0 atom stereocenters. The maximum absolute atomic E-state index is 11.4. The molecule has 0 radical (unpaired) electrons. The van der Waals surface area contributed by atoms with Gasteiger partial charge in [0.1, 0.15) is 0 Å². The number of aryl methyl sites for hydroxylation is 1. The maximum atomic E-state index is 11.4. The first-order valence-corrected chi connectivity index (χ1v) is 6.30. The first kappa shape index (κ1) is 13.1. The summed E-state index contributed by atoms with van der Waals surface area (Å²) in [4.78, 5) is 11.4. The van der Waals surface area contributed by atoms with Crippen LogP contribution in [0.25, 0.3) is 11.1 Å². The van der Waals surface area contributed by atoms with E-state index in [2.05, 4.69) is 24.4 Å². The second-order valence-corrected chi connectivity index (χ2v) is 4.24. The van der Waals surface area contributed by atoms with Crippen molar-refractivity contribution < 1.29 is 9.53 Å². The van der Waals surface area contributed by atoms with E-state index in [0.717, 1.165) is 16.8 Å². The highest BCUT2D eigenvalue weighted by Crippen LogP contribution is 2.26. The van der Waals surface area contributed by atoms with Gasteiger partial charge in [0, 0.05) is 5.69 Å². The Bertz CT molecular complexity index is 564. The van der Waals surface area contributed by atoms with Gasteiger partial charge in [0.25, 0.3) is 0 Å². The predicted octanol–water partition coefficient (Wildman–Crippen LogP) is 4.23. The summed E-state index contributed by atoms with van der Waals surface area (Å²) in [5, 5.41) is 2.72. The lowest BCUT2D eigenvalue weighted by molar-refractivity contribution is 0.168. The minimum atomic E-state index is -0.426. The lowest BCUT2D eigenvalue weighted by atomic mass is 10.00. The molecule has 2 aromatic carbocycles. The summed E-state index contributed by atoms with van der Waals surface area (Å²) in [5.41, 5.74) is 4.14. The molecular formula is C16H17NO2. The highest BCUT2D eigenvalue weighted by atomic mass is 16.5. The molecule has 1 N–H and O–H groups in total. The average molecular weight is 255 g/mol. The number of hydrogen-bond donors (Lipinski definition) is 1. The minimum Gasteiger partial charge on any atom is -0.450 e. The Morgan fingerprint density at radius 1 is 1.16 bits per heavy atom. The summed E-state index contributed by atoms with van der Waals surface area (Å²) < 4.78 is 4.87. The number of carbonyl (C=O) groups is 1. The summed E-state index contributed by atoms with van der Waals surface area (Å²) in [6.45, 7) is 4.20. The number of amides is 1. The smallest absolute Gasteiger partial charge is 0.411 e. The zero-order chi connectivity index (χ0) is 13.7. The van der Waals surface area contributed by atoms with Gasteiger partial charge < -0.3 is 4.74 Å². The molecule has 0 heterocycles. The molecule has 0 bridgehead atoms. The van der Waals surface area contributed by atoms with Crippen LogP contribution in [0.1, 0.15) is 12.5 Å². The van der Waals surface area contributed by atoms with Gasteiger partial charge in [-0.15, -0.1) is 0 Å². The lowest BCUT2D eigenvalue weighted by Gasteiger charge is -2.10. The molecule has 0 fully saturated rings. The van der Waals surface area contributed by atoms with Crippen molar-refractivity contribution in [3.63, 3.8) is 0 Å². The number of ether oxygens (including phenoxy) is 1. The molecule has 0 aliphatic heterocycles. The third-order valence-corrected chi connectivity index (χ3v) is 2.84. The summed E-state index contributed by atoms with van der Waals surface area (Å²) in [6, 6.07) is 15.9. The van der Waals surface area contributed by atoms with Crippen LogP contribution in [0.4, 0.5) is 10.5 Å². The standard InChI is InChI=1S/C16H17NO2/c1-3-19-16(18)17-14-10-9-12(2)15(11-14)13-7-5-4-6-8-13/h4-11H,3H2,1-2H3,(H,17,18). The topological polar surface area (TPSA) is 38.3 Å². The first-order valence-electron chi connectivity index (χ1n) is 6.30. The quantitative estimate of drug-likeness (QED) is 0.891. The van der Waals surface area contributed by atoms with Gasteiger partial charge in [0.2, 0.25) is 0 Å². The zero-order valence-corrected chi connectivity index (χ0v) is 11.1. The SMILES string of the molecule is CCOC(=O)Nc1ccc(C)c(-c2ccccc2)c1. The number of carbonyl (C=O) groups excluding carboxylic acids is 1. The number of anilines is 1. The van der Waals surface area contributed by atoms with E-state index in [4.69, 9.17) is 4.74 Å². The van der Waals surface area contributed by atoms with Gasteiger partial charge >= 0.3 is 6.09 Å². The molecule has 0 aliphatic rings. The van der Waals surface area contributed by atoms with Gasteiger partial charge in [-0.3, -0.25) is 5.32 Å². The second-order valence-electron chi connectivity index (χ2n) is 4.24. The molecule has 1 amide bonds. The number of rotatable bonds is 3. The average Bonchev–Trinajstić information content (AvgIpc) is 2.42. The van der Waals surface area contributed by atoms with Gasteiger partial charge in [-0.25, -0.2) is 4.79 Å².